The van der Waals surface area contributed by atoms with Crippen molar-refractivity contribution in [2.75, 3.05) is 24.5 Å². The molecule has 0 aromatic heterocycles. The van der Waals surface area contributed by atoms with E-state index in [0.717, 1.165) is 17.7 Å². The van der Waals surface area contributed by atoms with Gasteiger partial charge in [0.05, 0.1) is 18.8 Å². The Balaban J connectivity index is 1.66. The zero-order valence-corrected chi connectivity index (χ0v) is 16.8. The van der Waals surface area contributed by atoms with Gasteiger partial charge < -0.3 is 15.4 Å². The number of benzene rings is 2. The van der Waals surface area contributed by atoms with E-state index in [1.165, 1.54) is 17.9 Å². The van der Waals surface area contributed by atoms with Gasteiger partial charge in [0.2, 0.25) is 5.91 Å². The second kappa shape index (κ2) is 9.90. The lowest BCUT2D eigenvalue weighted by atomic mass is 10.0. The maximum Gasteiger partial charge on any atom is 0.414 e. The molecule has 156 valence electrons. The van der Waals surface area contributed by atoms with Gasteiger partial charge in [-0.05, 0) is 29.3 Å². The number of nitrogens with one attached hydrogen (secondary N) is 2. The van der Waals surface area contributed by atoms with E-state index in [1.807, 2.05) is 24.3 Å². The van der Waals surface area contributed by atoms with Crippen LogP contribution in [0.2, 0.25) is 0 Å². The highest BCUT2D eigenvalue weighted by Gasteiger charge is 2.32. The van der Waals surface area contributed by atoms with Crippen molar-refractivity contribution < 1.29 is 18.7 Å². The van der Waals surface area contributed by atoms with Gasteiger partial charge in [0.25, 0.3) is 0 Å². The summed E-state index contributed by atoms with van der Waals surface area (Å²) in [4.78, 5) is 24.5. The first-order valence-electron chi connectivity index (χ1n) is 9.73. The van der Waals surface area contributed by atoms with Gasteiger partial charge in [-0.1, -0.05) is 24.3 Å². The summed E-state index contributed by atoms with van der Waals surface area (Å²) in [6, 6.07) is 12.3. The van der Waals surface area contributed by atoms with Gasteiger partial charge in [-0.15, -0.1) is 12.3 Å². The number of cyclic esters (lactones) is 1. The molecule has 0 saturated carbocycles. The number of hydrogen-bond donors (Lipinski definition) is 2. The molecule has 7 heteroatoms. The molecule has 0 spiro atoms. The van der Waals surface area contributed by atoms with E-state index in [9.17, 15) is 14.0 Å². The molecular weight excluding hydrogens is 385 g/mol. The third kappa shape index (κ3) is 5.37. The highest BCUT2D eigenvalue weighted by molar-refractivity contribution is 5.90. The molecule has 0 radical (unpaired) electrons. The van der Waals surface area contributed by atoms with Crippen LogP contribution < -0.4 is 15.5 Å². The molecule has 1 heterocycles. The van der Waals surface area contributed by atoms with Gasteiger partial charge in [0.1, 0.15) is 11.9 Å². The average molecular weight is 409 g/mol. The van der Waals surface area contributed by atoms with Crippen LogP contribution in [0.5, 0.6) is 0 Å². The predicted molar refractivity (Wildman–Crippen MR) is 113 cm³/mol. The molecule has 1 saturated heterocycles. The minimum absolute atomic E-state index is 0.200. The molecule has 0 aliphatic carbocycles. The zero-order valence-electron chi connectivity index (χ0n) is 16.8. The first kappa shape index (κ1) is 21.3. The Morgan fingerprint density at radius 2 is 2.07 bits per heavy atom. The van der Waals surface area contributed by atoms with Crippen LogP contribution in [0.15, 0.2) is 42.5 Å². The van der Waals surface area contributed by atoms with E-state index in [-0.39, 0.29) is 19.0 Å². The molecule has 2 N–H and O–H groups in total. The monoisotopic (exact) mass is 409 g/mol. The van der Waals surface area contributed by atoms with E-state index >= 15 is 0 Å². The molecule has 2 amide bonds. The highest BCUT2D eigenvalue weighted by atomic mass is 19.1. The highest BCUT2D eigenvalue weighted by Crippen LogP contribution is 2.29. The molecule has 2 aromatic rings. The van der Waals surface area contributed by atoms with Crippen LogP contribution in [-0.4, -0.2) is 37.7 Å². The number of rotatable bonds is 8. The molecule has 1 fully saturated rings. The molecule has 1 atom stereocenters. The average Bonchev–Trinajstić information content (AvgIpc) is 3.11. The Morgan fingerprint density at radius 1 is 1.30 bits per heavy atom. The molecule has 0 bridgehead atoms. The first-order valence-corrected chi connectivity index (χ1v) is 9.73. The van der Waals surface area contributed by atoms with Crippen molar-refractivity contribution >= 4 is 17.7 Å². The number of terminal acetylenes is 1. The fourth-order valence-electron chi connectivity index (χ4n) is 3.20. The van der Waals surface area contributed by atoms with Gasteiger partial charge in [0.15, 0.2) is 0 Å². The van der Waals surface area contributed by atoms with Crippen LogP contribution in [0.25, 0.3) is 11.1 Å². The SMILES string of the molecule is C#CCCNCc1ccc(-c2ccc(N3C[C@H](CNC(C)=O)OC3=O)cc2F)cc1. The normalized spacial score (nSPS) is 15.6. The van der Waals surface area contributed by atoms with Crippen molar-refractivity contribution in [3.63, 3.8) is 0 Å². The lowest BCUT2D eigenvalue weighted by Crippen LogP contribution is -2.33. The van der Waals surface area contributed by atoms with E-state index in [4.69, 9.17) is 11.2 Å². The molecule has 0 unspecified atom stereocenters. The van der Waals surface area contributed by atoms with E-state index in [0.29, 0.717) is 24.2 Å². The Hall–Kier alpha value is -3.37. The van der Waals surface area contributed by atoms with Crippen molar-refractivity contribution in [3.8, 4) is 23.5 Å². The van der Waals surface area contributed by atoms with Crippen LogP contribution in [-0.2, 0) is 16.1 Å². The number of carbonyl (C=O) groups is 2. The number of hydrogen-bond acceptors (Lipinski definition) is 4. The maximum absolute atomic E-state index is 14.8. The standard InChI is InChI=1S/C23H24FN3O3/c1-3-4-11-25-13-17-5-7-18(8-6-17)21-10-9-19(12-22(21)24)27-15-20(30-23(27)29)14-26-16(2)28/h1,5-10,12,20,25H,4,11,13-15H2,2H3,(H,26,28)/t20-/m0/s1. The summed E-state index contributed by atoms with van der Waals surface area (Å²) in [7, 11) is 0. The lowest BCUT2D eigenvalue weighted by Gasteiger charge is -2.15. The quantitative estimate of drug-likeness (QED) is 0.519. The zero-order chi connectivity index (χ0) is 21.5. The minimum Gasteiger partial charge on any atom is -0.442 e. The third-order valence-electron chi connectivity index (χ3n) is 4.76. The van der Waals surface area contributed by atoms with Gasteiger partial charge in [-0.2, -0.15) is 0 Å². The van der Waals surface area contributed by atoms with Crippen molar-refractivity contribution in [2.45, 2.75) is 26.0 Å². The van der Waals surface area contributed by atoms with Crippen molar-refractivity contribution in [1.82, 2.24) is 10.6 Å². The summed E-state index contributed by atoms with van der Waals surface area (Å²) in [5.74, 6) is 1.95. The molecule has 30 heavy (non-hydrogen) atoms. The molecule has 6 nitrogen and oxygen atoms in total. The number of amides is 2. The molecule has 1 aliphatic rings. The summed E-state index contributed by atoms with van der Waals surface area (Å²) < 4.78 is 20.0. The second-order valence-electron chi connectivity index (χ2n) is 7.05. The topological polar surface area (TPSA) is 70.7 Å². The number of ether oxygens (including phenoxy) is 1. The number of carbonyl (C=O) groups excluding carboxylic acids is 2. The third-order valence-corrected chi connectivity index (χ3v) is 4.76. The predicted octanol–water partition coefficient (Wildman–Crippen LogP) is 3.07. The molecule has 1 aliphatic heterocycles. The van der Waals surface area contributed by atoms with Crippen LogP contribution in [0.4, 0.5) is 14.9 Å². The lowest BCUT2D eigenvalue weighted by molar-refractivity contribution is -0.119. The second-order valence-corrected chi connectivity index (χ2v) is 7.05. The smallest absolute Gasteiger partial charge is 0.414 e. The van der Waals surface area contributed by atoms with Crippen LogP contribution in [0, 0.1) is 18.2 Å². The minimum atomic E-state index is -0.556. The Kier molecular flexibility index (Phi) is 7.04. The summed E-state index contributed by atoms with van der Waals surface area (Å²) in [6.45, 7) is 3.31. The first-order chi connectivity index (χ1) is 14.5. The summed E-state index contributed by atoms with van der Waals surface area (Å²) in [5, 5.41) is 5.86. The van der Waals surface area contributed by atoms with Crippen molar-refractivity contribution in [2.24, 2.45) is 0 Å². The number of nitrogens with zero attached hydrogens (tertiary/aromatic N) is 1. The van der Waals surface area contributed by atoms with Gasteiger partial charge in [-0.3, -0.25) is 9.69 Å². The summed E-state index contributed by atoms with van der Waals surface area (Å²) in [6.07, 6.45) is 4.88. The Morgan fingerprint density at radius 3 is 2.73 bits per heavy atom. The van der Waals surface area contributed by atoms with Crippen molar-refractivity contribution in [3.05, 3.63) is 53.8 Å². The number of anilines is 1. The summed E-state index contributed by atoms with van der Waals surface area (Å²) >= 11 is 0. The number of halogens is 1. The van der Waals surface area contributed by atoms with Gasteiger partial charge in [-0.25, -0.2) is 9.18 Å². The van der Waals surface area contributed by atoms with E-state index in [2.05, 4.69) is 16.6 Å². The fourth-order valence-corrected chi connectivity index (χ4v) is 3.20. The Labute approximate surface area is 175 Å². The van der Waals surface area contributed by atoms with Crippen LogP contribution >= 0.6 is 0 Å². The van der Waals surface area contributed by atoms with E-state index in [1.54, 1.807) is 12.1 Å². The molecular formula is C23H24FN3O3. The van der Waals surface area contributed by atoms with Gasteiger partial charge >= 0.3 is 6.09 Å². The Bertz CT molecular complexity index is 953. The van der Waals surface area contributed by atoms with Gasteiger partial charge in [0, 0.05) is 32.0 Å². The molecule has 3 rings (SSSR count). The molecule has 2 aromatic carbocycles. The summed E-state index contributed by atoms with van der Waals surface area (Å²) in [5.41, 5.74) is 2.70. The fraction of sp³-hybridized carbons (Fsp3) is 0.304. The largest absolute Gasteiger partial charge is 0.442 e. The van der Waals surface area contributed by atoms with E-state index < -0.39 is 18.0 Å². The van der Waals surface area contributed by atoms with Crippen LogP contribution in [0.3, 0.4) is 0 Å². The maximum atomic E-state index is 14.8. The van der Waals surface area contributed by atoms with Crippen molar-refractivity contribution in [1.29, 1.82) is 0 Å². The van der Waals surface area contributed by atoms with Crippen LogP contribution in [0.1, 0.15) is 18.9 Å².